The molecule has 1 rings (SSSR count). The Morgan fingerprint density at radius 3 is 2.29 bits per heavy atom. The molecule has 78 valence electrons. The van der Waals surface area contributed by atoms with Gasteiger partial charge < -0.3 is 0 Å². The Bertz CT molecular complexity index is 268. The first-order valence-electron chi connectivity index (χ1n) is 5.00. The number of rotatable bonds is 4. The van der Waals surface area contributed by atoms with Crippen molar-refractivity contribution in [3.8, 4) is 0 Å². The van der Waals surface area contributed by atoms with Gasteiger partial charge in [-0.1, -0.05) is 32.4 Å². The minimum absolute atomic E-state index is 0.189. The Morgan fingerprint density at radius 1 is 1.29 bits per heavy atom. The van der Waals surface area contributed by atoms with Crippen LogP contribution in [-0.2, 0) is 0 Å². The Labute approximate surface area is 90.1 Å². The van der Waals surface area contributed by atoms with Gasteiger partial charge in [-0.05, 0) is 29.5 Å². The summed E-state index contributed by atoms with van der Waals surface area (Å²) in [5, 5.41) is 0. The van der Waals surface area contributed by atoms with Crippen molar-refractivity contribution >= 4 is 11.6 Å². The predicted molar refractivity (Wildman–Crippen MR) is 59.3 cm³/mol. The van der Waals surface area contributed by atoms with Crippen LogP contribution in [0.3, 0.4) is 0 Å². The van der Waals surface area contributed by atoms with Crippen LogP contribution >= 0.6 is 11.6 Å². The molecule has 2 unspecified atom stereocenters. The van der Waals surface area contributed by atoms with E-state index in [4.69, 9.17) is 11.6 Å². The minimum atomic E-state index is -0.189. The van der Waals surface area contributed by atoms with Crippen molar-refractivity contribution in [2.75, 3.05) is 5.88 Å². The zero-order valence-corrected chi connectivity index (χ0v) is 9.39. The van der Waals surface area contributed by atoms with Crippen LogP contribution in [0.2, 0.25) is 0 Å². The van der Waals surface area contributed by atoms with Crippen LogP contribution < -0.4 is 0 Å². The molecule has 0 saturated heterocycles. The fourth-order valence-electron chi connectivity index (χ4n) is 1.56. The second kappa shape index (κ2) is 5.35. The summed E-state index contributed by atoms with van der Waals surface area (Å²) in [6.45, 7) is 4.32. The lowest BCUT2D eigenvalue weighted by atomic mass is 9.87. The highest BCUT2D eigenvalue weighted by atomic mass is 35.5. The molecule has 0 fully saturated rings. The first kappa shape index (κ1) is 11.5. The van der Waals surface area contributed by atoms with Crippen molar-refractivity contribution in [2.24, 2.45) is 5.92 Å². The van der Waals surface area contributed by atoms with E-state index in [0.29, 0.717) is 17.7 Å². The second-order valence-electron chi connectivity index (χ2n) is 3.70. The number of hydrogen-bond donors (Lipinski definition) is 0. The summed E-state index contributed by atoms with van der Waals surface area (Å²) in [5.74, 6) is 1.28. The third kappa shape index (κ3) is 2.71. The molecule has 2 heteroatoms. The molecular weight excluding hydrogens is 199 g/mol. The summed E-state index contributed by atoms with van der Waals surface area (Å²) >= 11 is 5.92. The lowest BCUT2D eigenvalue weighted by molar-refractivity contribution is 0.476. The molecule has 0 amide bonds. The molecule has 0 aliphatic rings. The quantitative estimate of drug-likeness (QED) is 0.660. The average Bonchev–Trinajstić information content (AvgIpc) is 2.21. The van der Waals surface area contributed by atoms with E-state index in [9.17, 15) is 4.39 Å². The molecule has 1 aromatic carbocycles. The lowest BCUT2D eigenvalue weighted by Gasteiger charge is -2.20. The van der Waals surface area contributed by atoms with Gasteiger partial charge >= 0.3 is 0 Å². The highest BCUT2D eigenvalue weighted by molar-refractivity contribution is 6.18. The van der Waals surface area contributed by atoms with Crippen LogP contribution in [0.25, 0.3) is 0 Å². The lowest BCUT2D eigenvalue weighted by Crippen LogP contribution is -2.10. The van der Waals surface area contributed by atoms with Crippen molar-refractivity contribution in [1.29, 1.82) is 0 Å². The molecule has 14 heavy (non-hydrogen) atoms. The molecule has 0 heterocycles. The number of hydrogen-bond acceptors (Lipinski definition) is 0. The topological polar surface area (TPSA) is 0 Å². The summed E-state index contributed by atoms with van der Waals surface area (Å²) in [6, 6.07) is 6.65. The van der Waals surface area contributed by atoms with E-state index in [-0.39, 0.29) is 5.82 Å². The van der Waals surface area contributed by atoms with Crippen LogP contribution in [0, 0.1) is 11.7 Å². The fraction of sp³-hybridized carbons (Fsp3) is 0.500. The largest absolute Gasteiger partial charge is 0.207 e. The number of alkyl halides is 1. The van der Waals surface area contributed by atoms with E-state index in [1.807, 2.05) is 12.1 Å². The van der Waals surface area contributed by atoms with Gasteiger partial charge in [0.2, 0.25) is 0 Å². The summed E-state index contributed by atoms with van der Waals surface area (Å²) in [7, 11) is 0. The van der Waals surface area contributed by atoms with E-state index >= 15 is 0 Å². The average molecular weight is 215 g/mol. The predicted octanol–water partition coefficient (Wildman–Crippen LogP) is 4.19. The van der Waals surface area contributed by atoms with Gasteiger partial charge in [0, 0.05) is 5.88 Å². The highest BCUT2D eigenvalue weighted by Crippen LogP contribution is 2.28. The van der Waals surface area contributed by atoms with E-state index in [2.05, 4.69) is 13.8 Å². The highest BCUT2D eigenvalue weighted by Gasteiger charge is 2.16. The van der Waals surface area contributed by atoms with Gasteiger partial charge in [-0.3, -0.25) is 0 Å². The molecule has 0 aromatic heterocycles. The summed E-state index contributed by atoms with van der Waals surface area (Å²) in [5.41, 5.74) is 1.13. The van der Waals surface area contributed by atoms with Crippen molar-refractivity contribution in [1.82, 2.24) is 0 Å². The van der Waals surface area contributed by atoms with Gasteiger partial charge in [0.15, 0.2) is 0 Å². The first-order valence-corrected chi connectivity index (χ1v) is 5.54. The Balaban J connectivity index is 2.84. The molecule has 0 nitrogen and oxygen atoms in total. The van der Waals surface area contributed by atoms with E-state index in [1.54, 1.807) is 0 Å². The van der Waals surface area contributed by atoms with Crippen LogP contribution in [0.5, 0.6) is 0 Å². The fourth-order valence-corrected chi connectivity index (χ4v) is 2.05. The Hall–Kier alpha value is -0.560. The van der Waals surface area contributed by atoms with Crippen molar-refractivity contribution in [3.05, 3.63) is 35.6 Å². The zero-order valence-electron chi connectivity index (χ0n) is 8.63. The van der Waals surface area contributed by atoms with Gasteiger partial charge in [0.25, 0.3) is 0 Å². The van der Waals surface area contributed by atoms with Crippen LogP contribution in [0.15, 0.2) is 24.3 Å². The van der Waals surface area contributed by atoms with E-state index in [1.165, 1.54) is 12.1 Å². The van der Waals surface area contributed by atoms with Crippen LogP contribution in [0.4, 0.5) is 4.39 Å². The number of halogens is 2. The maximum atomic E-state index is 12.7. The Morgan fingerprint density at radius 2 is 1.86 bits per heavy atom. The molecule has 0 bridgehead atoms. The standard InChI is InChI=1S/C12H16ClF/c1-3-9(2)12(8-13)10-4-6-11(14)7-5-10/h4-7,9,12H,3,8H2,1-2H3. The van der Waals surface area contributed by atoms with Crippen LogP contribution in [-0.4, -0.2) is 5.88 Å². The first-order chi connectivity index (χ1) is 6.69. The normalized spacial score (nSPS) is 15.1. The zero-order chi connectivity index (χ0) is 10.6. The van der Waals surface area contributed by atoms with Crippen molar-refractivity contribution in [2.45, 2.75) is 26.2 Å². The molecular formula is C12H16ClF. The molecule has 0 saturated carbocycles. The second-order valence-corrected chi connectivity index (χ2v) is 4.01. The van der Waals surface area contributed by atoms with Gasteiger partial charge in [-0.2, -0.15) is 0 Å². The third-order valence-corrected chi connectivity index (χ3v) is 3.13. The van der Waals surface area contributed by atoms with E-state index < -0.39 is 0 Å². The van der Waals surface area contributed by atoms with Crippen molar-refractivity contribution < 1.29 is 4.39 Å². The van der Waals surface area contributed by atoms with Gasteiger partial charge in [0.1, 0.15) is 5.82 Å². The van der Waals surface area contributed by atoms with Crippen molar-refractivity contribution in [3.63, 3.8) is 0 Å². The summed E-state index contributed by atoms with van der Waals surface area (Å²) in [4.78, 5) is 0. The molecule has 0 N–H and O–H groups in total. The van der Waals surface area contributed by atoms with Gasteiger partial charge in [0.05, 0.1) is 0 Å². The molecule has 0 radical (unpaired) electrons. The Kier molecular flexibility index (Phi) is 4.40. The maximum absolute atomic E-state index is 12.7. The van der Waals surface area contributed by atoms with E-state index in [0.717, 1.165) is 12.0 Å². The maximum Gasteiger partial charge on any atom is 0.123 e. The number of benzene rings is 1. The summed E-state index contributed by atoms with van der Waals surface area (Å²) < 4.78 is 12.7. The SMILES string of the molecule is CCC(C)C(CCl)c1ccc(F)cc1. The van der Waals surface area contributed by atoms with Gasteiger partial charge in [-0.15, -0.1) is 11.6 Å². The van der Waals surface area contributed by atoms with Gasteiger partial charge in [-0.25, -0.2) is 4.39 Å². The monoisotopic (exact) mass is 214 g/mol. The molecule has 0 spiro atoms. The molecule has 0 aliphatic heterocycles. The molecule has 0 aliphatic carbocycles. The minimum Gasteiger partial charge on any atom is -0.207 e. The van der Waals surface area contributed by atoms with Crippen LogP contribution in [0.1, 0.15) is 31.7 Å². The smallest absolute Gasteiger partial charge is 0.123 e. The summed E-state index contributed by atoms with van der Waals surface area (Å²) in [6.07, 6.45) is 1.09. The third-order valence-electron chi connectivity index (χ3n) is 2.80. The molecule has 1 aromatic rings. The molecule has 2 atom stereocenters.